The van der Waals surface area contributed by atoms with E-state index in [0.29, 0.717) is 31.8 Å². The number of thioether (sulfide) groups is 1. The molecule has 1 aliphatic heterocycles. The Balaban J connectivity index is 1.42. The lowest BCUT2D eigenvalue weighted by molar-refractivity contribution is -0.117. The van der Waals surface area contributed by atoms with E-state index in [4.69, 9.17) is 23.2 Å². The van der Waals surface area contributed by atoms with Gasteiger partial charge in [-0.05, 0) is 54.4 Å². The summed E-state index contributed by atoms with van der Waals surface area (Å²) in [7, 11) is 0. The van der Waals surface area contributed by atoms with E-state index in [-0.39, 0.29) is 17.7 Å². The number of nitrogens with one attached hydrogen (secondary N) is 2. The Morgan fingerprint density at radius 2 is 2.21 bits per heavy atom. The maximum absolute atomic E-state index is 12.2. The quantitative estimate of drug-likeness (QED) is 0.651. The summed E-state index contributed by atoms with van der Waals surface area (Å²) in [5.74, 6) is -0.0952. The highest BCUT2D eigenvalue weighted by atomic mass is 35.5. The van der Waals surface area contributed by atoms with Gasteiger partial charge in [-0.3, -0.25) is 14.6 Å². The molecule has 2 aliphatic rings. The normalized spacial score (nSPS) is 19.3. The monoisotopic (exact) mass is 452 g/mol. The molecule has 0 bridgehead atoms. The van der Waals surface area contributed by atoms with Crippen LogP contribution in [0.1, 0.15) is 23.3 Å². The number of aliphatic imine (C=N–C) groups is 1. The Hall–Kier alpha value is -1.87. The number of thiazole rings is 1. The zero-order valence-electron chi connectivity index (χ0n) is 14.4. The molecule has 2 aromatic rings. The number of amides is 2. The Morgan fingerprint density at radius 1 is 1.39 bits per heavy atom. The van der Waals surface area contributed by atoms with Gasteiger partial charge < -0.3 is 10.6 Å². The van der Waals surface area contributed by atoms with Crippen molar-refractivity contribution < 1.29 is 9.59 Å². The van der Waals surface area contributed by atoms with Crippen LogP contribution in [0.25, 0.3) is 6.08 Å². The average Bonchev–Trinajstić information content (AvgIpc) is 3.34. The Kier molecular flexibility index (Phi) is 5.73. The van der Waals surface area contributed by atoms with Gasteiger partial charge in [-0.1, -0.05) is 34.5 Å². The van der Waals surface area contributed by atoms with Crippen molar-refractivity contribution in [3.63, 3.8) is 0 Å². The van der Waals surface area contributed by atoms with Crippen LogP contribution in [0.4, 0.5) is 5.13 Å². The van der Waals surface area contributed by atoms with E-state index in [1.54, 1.807) is 30.5 Å². The summed E-state index contributed by atoms with van der Waals surface area (Å²) in [6.07, 6.45) is 5.25. The number of carbonyl (C=O) groups is 2. The number of rotatable bonds is 5. The zero-order valence-corrected chi connectivity index (χ0v) is 17.5. The number of aromatic nitrogens is 1. The first-order valence-corrected chi connectivity index (χ1v) is 10.8. The lowest BCUT2D eigenvalue weighted by Crippen LogP contribution is -2.19. The van der Waals surface area contributed by atoms with E-state index in [0.717, 1.165) is 23.3 Å². The van der Waals surface area contributed by atoms with E-state index in [1.807, 2.05) is 0 Å². The number of amidine groups is 1. The minimum Gasteiger partial charge on any atom is -0.302 e. The van der Waals surface area contributed by atoms with E-state index < -0.39 is 0 Å². The Labute approximate surface area is 179 Å². The molecule has 0 radical (unpaired) electrons. The van der Waals surface area contributed by atoms with Gasteiger partial charge in [0.1, 0.15) is 0 Å². The van der Waals surface area contributed by atoms with Crippen LogP contribution in [-0.4, -0.2) is 22.0 Å². The molecule has 1 aliphatic carbocycles. The van der Waals surface area contributed by atoms with E-state index in [9.17, 15) is 9.59 Å². The van der Waals surface area contributed by atoms with Crippen molar-refractivity contribution in [2.45, 2.75) is 19.4 Å². The van der Waals surface area contributed by atoms with Crippen LogP contribution in [0.15, 0.2) is 34.3 Å². The van der Waals surface area contributed by atoms with Crippen LogP contribution in [0.2, 0.25) is 10.0 Å². The van der Waals surface area contributed by atoms with Crippen molar-refractivity contribution in [2.75, 3.05) is 5.32 Å². The second-order valence-corrected chi connectivity index (χ2v) is 9.19. The SMILES string of the molecule is O=C1NC(=NCc2cc(Cl)ccc2Cl)SC1=Cc1cnc(NC(=O)C2CC2)s1. The fourth-order valence-electron chi connectivity index (χ4n) is 2.42. The van der Waals surface area contributed by atoms with Gasteiger partial charge in [-0.15, -0.1) is 0 Å². The Morgan fingerprint density at radius 3 is 3.00 bits per heavy atom. The third kappa shape index (κ3) is 4.75. The zero-order chi connectivity index (χ0) is 19.7. The van der Waals surface area contributed by atoms with Crippen LogP contribution in [0, 0.1) is 5.92 Å². The molecule has 144 valence electrons. The molecule has 1 saturated heterocycles. The standard InChI is InChI=1S/C18H14Cl2N4O2S2/c19-11-3-4-13(20)10(5-11)7-21-18-24-16(26)14(28-18)6-12-8-22-17(27-12)23-15(25)9-1-2-9/h3-6,8-9H,1-2,7H2,(H,21,24,26)(H,22,23,25). The summed E-state index contributed by atoms with van der Waals surface area (Å²) in [5.41, 5.74) is 0.785. The van der Waals surface area contributed by atoms with Crippen LogP contribution >= 0.6 is 46.3 Å². The third-order valence-corrected chi connectivity index (χ3v) is 6.44. The molecule has 28 heavy (non-hydrogen) atoms. The summed E-state index contributed by atoms with van der Waals surface area (Å²) in [6.45, 7) is 0.313. The molecule has 2 heterocycles. The molecule has 0 atom stereocenters. The summed E-state index contributed by atoms with van der Waals surface area (Å²) in [6, 6.07) is 5.18. The molecule has 10 heteroatoms. The van der Waals surface area contributed by atoms with Crippen molar-refractivity contribution in [1.82, 2.24) is 10.3 Å². The summed E-state index contributed by atoms with van der Waals surface area (Å²) < 4.78 is 0. The fraction of sp³-hybridized carbons (Fsp3) is 0.222. The second kappa shape index (κ2) is 8.24. The van der Waals surface area contributed by atoms with Crippen LogP contribution < -0.4 is 10.6 Å². The lowest BCUT2D eigenvalue weighted by atomic mass is 10.2. The van der Waals surface area contributed by atoms with Gasteiger partial charge in [0.25, 0.3) is 5.91 Å². The molecule has 1 aromatic carbocycles. The first-order valence-electron chi connectivity index (χ1n) is 8.44. The van der Waals surface area contributed by atoms with Gasteiger partial charge >= 0.3 is 0 Å². The first kappa shape index (κ1) is 19.4. The van der Waals surface area contributed by atoms with Crippen LogP contribution in [0.3, 0.4) is 0 Å². The summed E-state index contributed by atoms with van der Waals surface area (Å²) >= 11 is 14.7. The van der Waals surface area contributed by atoms with Crippen molar-refractivity contribution in [1.29, 1.82) is 0 Å². The molecule has 2 amide bonds. The number of carbonyl (C=O) groups excluding carboxylic acids is 2. The minimum atomic E-state index is -0.224. The molecule has 2 fully saturated rings. The minimum absolute atomic E-state index is 0.00985. The topological polar surface area (TPSA) is 83.4 Å². The van der Waals surface area contributed by atoms with Crippen molar-refractivity contribution >= 4 is 74.5 Å². The fourth-order valence-corrected chi connectivity index (χ4v) is 4.44. The molecule has 1 saturated carbocycles. The number of benzene rings is 1. The molecule has 1 aromatic heterocycles. The smallest absolute Gasteiger partial charge is 0.264 e. The molecular weight excluding hydrogens is 439 g/mol. The first-order chi connectivity index (χ1) is 13.5. The number of hydrogen-bond acceptors (Lipinski definition) is 6. The van der Waals surface area contributed by atoms with E-state index in [1.165, 1.54) is 23.1 Å². The van der Waals surface area contributed by atoms with Crippen LogP contribution in [-0.2, 0) is 16.1 Å². The maximum atomic E-state index is 12.2. The largest absolute Gasteiger partial charge is 0.302 e. The second-order valence-electron chi connectivity index (χ2n) is 6.25. The third-order valence-electron chi connectivity index (χ3n) is 4.03. The number of halogens is 2. The van der Waals surface area contributed by atoms with Gasteiger partial charge in [0.15, 0.2) is 10.3 Å². The molecule has 6 nitrogen and oxygen atoms in total. The summed E-state index contributed by atoms with van der Waals surface area (Å²) in [4.78, 5) is 33.9. The van der Waals surface area contributed by atoms with Crippen LogP contribution in [0.5, 0.6) is 0 Å². The molecule has 0 spiro atoms. The van der Waals surface area contributed by atoms with E-state index >= 15 is 0 Å². The predicted octanol–water partition coefficient (Wildman–Crippen LogP) is 4.56. The van der Waals surface area contributed by atoms with E-state index in [2.05, 4.69) is 20.6 Å². The number of nitrogens with zero attached hydrogens (tertiary/aromatic N) is 2. The molecular formula is C18H14Cl2N4O2S2. The van der Waals surface area contributed by atoms with Gasteiger partial charge in [0.2, 0.25) is 5.91 Å². The van der Waals surface area contributed by atoms with Gasteiger partial charge in [-0.2, -0.15) is 0 Å². The molecule has 2 N–H and O–H groups in total. The highest BCUT2D eigenvalue weighted by Gasteiger charge is 2.30. The van der Waals surface area contributed by atoms with Gasteiger partial charge in [0.05, 0.1) is 16.3 Å². The summed E-state index contributed by atoms with van der Waals surface area (Å²) in [5, 5.41) is 7.73. The molecule has 4 rings (SSSR count). The molecule has 0 unspecified atom stereocenters. The van der Waals surface area contributed by atoms with Gasteiger partial charge in [-0.25, -0.2) is 4.98 Å². The highest BCUT2D eigenvalue weighted by Crippen LogP contribution is 2.32. The maximum Gasteiger partial charge on any atom is 0.264 e. The lowest BCUT2D eigenvalue weighted by Gasteiger charge is -2.02. The van der Waals surface area contributed by atoms with Crippen molar-refractivity contribution in [2.24, 2.45) is 10.9 Å². The van der Waals surface area contributed by atoms with Crippen molar-refractivity contribution in [3.05, 3.63) is 49.8 Å². The number of hydrogen-bond donors (Lipinski definition) is 2. The van der Waals surface area contributed by atoms with Crippen molar-refractivity contribution in [3.8, 4) is 0 Å². The average molecular weight is 453 g/mol. The predicted molar refractivity (Wildman–Crippen MR) is 115 cm³/mol. The number of anilines is 1. The van der Waals surface area contributed by atoms with Gasteiger partial charge in [0, 0.05) is 22.2 Å². The highest BCUT2D eigenvalue weighted by molar-refractivity contribution is 8.18. The Bertz CT molecular complexity index is 1010.